The molecule has 0 aliphatic heterocycles. The van der Waals surface area contributed by atoms with E-state index in [0.717, 1.165) is 12.3 Å². The number of pyridine rings is 1. The molecule has 2 N–H and O–H groups in total. The van der Waals surface area contributed by atoms with E-state index in [9.17, 15) is 13.2 Å². The summed E-state index contributed by atoms with van der Waals surface area (Å²) in [5.74, 6) is 0.140. The van der Waals surface area contributed by atoms with Gasteiger partial charge in [0.05, 0.1) is 5.56 Å². The molecule has 0 unspecified atom stereocenters. The summed E-state index contributed by atoms with van der Waals surface area (Å²) in [6, 6.07) is 2.10. The summed E-state index contributed by atoms with van der Waals surface area (Å²) in [4.78, 5) is 3.54. The van der Waals surface area contributed by atoms with Gasteiger partial charge in [-0.1, -0.05) is 0 Å². The first kappa shape index (κ1) is 11.8. The van der Waals surface area contributed by atoms with Crippen molar-refractivity contribution in [1.29, 1.82) is 0 Å². The lowest BCUT2D eigenvalue weighted by Gasteiger charge is -2.12. The lowest BCUT2D eigenvalue weighted by Crippen LogP contribution is -2.23. The molecule has 0 amide bonds. The van der Waals surface area contributed by atoms with Crippen molar-refractivity contribution in [3.63, 3.8) is 0 Å². The molecular formula is C9H11F3N2O. The van der Waals surface area contributed by atoms with Gasteiger partial charge >= 0.3 is 6.18 Å². The highest BCUT2D eigenvalue weighted by molar-refractivity contribution is 5.20. The van der Waals surface area contributed by atoms with Crippen LogP contribution in [0.5, 0.6) is 5.88 Å². The second kappa shape index (κ2) is 4.48. The van der Waals surface area contributed by atoms with Crippen molar-refractivity contribution in [2.75, 3.05) is 6.54 Å². The number of nitrogens with zero attached hydrogens (tertiary/aromatic N) is 1. The third kappa shape index (κ3) is 3.39. The Morgan fingerprint density at radius 2 is 2.13 bits per heavy atom. The summed E-state index contributed by atoms with van der Waals surface area (Å²) in [7, 11) is 0. The van der Waals surface area contributed by atoms with Crippen LogP contribution in [-0.4, -0.2) is 17.6 Å². The van der Waals surface area contributed by atoms with E-state index in [1.54, 1.807) is 6.92 Å². The fraction of sp³-hybridized carbons (Fsp3) is 0.444. The Morgan fingerprint density at radius 1 is 1.47 bits per heavy atom. The Bertz CT molecular complexity index is 310. The first-order chi connectivity index (χ1) is 6.93. The molecule has 6 heteroatoms. The zero-order valence-corrected chi connectivity index (χ0v) is 8.08. The quantitative estimate of drug-likeness (QED) is 0.845. The summed E-state index contributed by atoms with van der Waals surface area (Å²) in [5, 5.41) is 0. The third-order valence-corrected chi connectivity index (χ3v) is 1.72. The normalized spacial score (nSPS) is 13.7. The Balaban J connectivity index is 2.73. The van der Waals surface area contributed by atoms with Crippen molar-refractivity contribution in [1.82, 2.24) is 4.98 Å². The van der Waals surface area contributed by atoms with Gasteiger partial charge in [0.2, 0.25) is 5.88 Å². The molecule has 0 radical (unpaired) electrons. The smallest absolute Gasteiger partial charge is 0.417 e. The largest absolute Gasteiger partial charge is 0.473 e. The van der Waals surface area contributed by atoms with Crippen LogP contribution in [0.25, 0.3) is 0 Å². The minimum atomic E-state index is -4.37. The van der Waals surface area contributed by atoms with Gasteiger partial charge in [-0.2, -0.15) is 13.2 Å². The highest BCUT2D eigenvalue weighted by Crippen LogP contribution is 2.29. The van der Waals surface area contributed by atoms with Gasteiger partial charge in [-0.05, 0) is 13.0 Å². The van der Waals surface area contributed by atoms with Crippen molar-refractivity contribution in [3.8, 4) is 5.88 Å². The molecule has 15 heavy (non-hydrogen) atoms. The van der Waals surface area contributed by atoms with Gasteiger partial charge in [0.25, 0.3) is 0 Å². The van der Waals surface area contributed by atoms with E-state index in [2.05, 4.69) is 4.98 Å². The molecule has 0 bridgehead atoms. The first-order valence-electron chi connectivity index (χ1n) is 4.33. The Morgan fingerprint density at radius 3 is 2.53 bits per heavy atom. The van der Waals surface area contributed by atoms with Crippen LogP contribution in [0.4, 0.5) is 13.2 Å². The number of hydrogen-bond acceptors (Lipinski definition) is 3. The monoisotopic (exact) mass is 220 g/mol. The average Bonchev–Trinajstić information content (AvgIpc) is 2.17. The van der Waals surface area contributed by atoms with Crippen LogP contribution in [0.2, 0.25) is 0 Å². The van der Waals surface area contributed by atoms with Crippen molar-refractivity contribution in [2.24, 2.45) is 5.73 Å². The van der Waals surface area contributed by atoms with E-state index in [0.29, 0.717) is 0 Å². The molecule has 1 atom stereocenters. The standard InChI is InChI=1S/C9H11F3N2O/c1-6(4-13)15-8-3-2-7(5-14-8)9(10,11)12/h2-3,5-6H,4,13H2,1H3/t6-/m1/s1. The van der Waals surface area contributed by atoms with Gasteiger partial charge in [0.1, 0.15) is 6.10 Å². The summed E-state index contributed by atoms with van der Waals surface area (Å²) in [6.07, 6.45) is -3.90. The van der Waals surface area contributed by atoms with Crippen LogP contribution < -0.4 is 10.5 Å². The fourth-order valence-electron chi connectivity index (χ4n) is 0.872. The fourth-order valence-corrected chi connectivity index (χ4v) is 0.872. The van der Waals surface area contributed by atoms with Crippen LogP contribution in [0.1, 0.15) is 12.5 Å². The molecule has 3 nitrogen and oxygen atoms in total. The highest BCUT2D eigenvalue weighted by atomic mass is 19.4. The summed E-state index contributed by atoms with van der Waals surface area (Å²) >= 11 is 0. The third-order valence-electron chi connectivity index (χ3n) is 1.72. The predicted octanol–water partition coefficient (Wildman–Crippen LogP) is 1.83. The minimum Gasteiger partial charge on any atom is -0.473 e. The van der Waals surface area contributed by atoms with Gasteiger partial charge < -0.3 is 10.5 Å². The number of ether oxygens (including phenoxy) is 1. The Hall–Kier alpha value is -1.30. The maximum atomic E-state index is 12.1. The highest BCUT2D eigenvalue weighted by Gasteiger charge is 2.30. The van der Waals surface area contributed by atoms with Crippen molar-refractivity contribution in [3.05, 3.63) is 23.9 Å². The lowest BCUT2D eigenvalue weighted by atomic mass is 10.3. The van der Waals surface area contributed by atoms with Crippen molar-refractivity contribution < 1.29 is 17.9 Å². The number of rotatable bonds is 3. The number of nitrogens with two attached hydrogens (primary N) is 1. The number of halogens is 3. The second-order valence-electron chi connectivity index (χ2n) is 3.05. The summed E-state index contributed by atoms with van der Waals surface area (Å²) < 4.78 is 41.6. The van der Waals surface area contributed by atoms with E-state index < -0.39 is 11.7 Å². The molecule has 1 rings (SSSR count). The van der Waals surface area contributed by atoms with Gasteiger partial charge in [-0.15, -0.1) is 0 Å². The maximum absolute atomic E-state index is 12.1. The van der Waals surface area contributed by atoms with E-state index in [1.807, 2.05) is 0 Å². The van der Waals surface area contributed by atoms with E-state index in [4.69, 9.17) is 10.5 Å². The molecule has 1 aromatic rings. The molecule has 0 aliphatic carbocycles. The van der Waals surface area contributed by atoms with Gasteiger partial charge in [-0.3, -0.25) is 0 Å². The van der Waals surface area contributed by atoms with Crippen LogP contribution in [0, 0.1) is 0 Å². The average molecular weight is 220 g/mol. The Labute approximate surface area is 85.1 Å². The molecule has 0 saturated carbocycles. The van der Waals surface area contributed by atoms with Crippen molar-refractivity contribution in [2.45, 2.75) is 19.2 Å². The Kier molecular flexibility index (Phi) is 3.52. The van der Waals surface area contributed by atoms with Crippen LogP contribution >= 0.6 is 0 Å². The molecule has 0 spiro atoms. The van der Waals surface area contributed by atoms with Crippen LogP contribution in [0.15, 0.2) is 18.3 Å². The SMILES string of the molecule is C[C@H](CN)Oc1ccc(C(F)(F)F)cn1. The predicted molar refractivity (Wildman–Crippen MR) is 48.4 cm³/mol. The van der Waals surface area contributed by atoms with Crippen LogP contribution in [-0.2, 0) is 6.18 Å². The molecule has 0 saturated heterocycles. The van der Waals surface area contributed by atoms with Gasteiger partial charge in [-0.25, -0.2) is 4.98 Å². The summed E-state index contributed by atoms with van der Waals surface area (Å²) in [5.41, 5.74) is 4.49. The van der Waals surface area contributed by atoms with Crippen LogP contribution in [0.3, 0.4) is 0 Å². The molecular weight excluding hydrogens is 209 g/mol. The maximum Gasteiger partial charge on any atom is 0.417 e. The number of hydrogen-bond donors (Lipinski definition) is 1. The molecule has 1 aromatic heterocycles. The van der Waals surface area contributed by atoms with E-state index in [1.165, 1.54) is 6.07 Å². The molecule has 1 heterocycles. The van der Waals surface area contributed by atoms with E-state index >= 15 is 0 Å². The topological polar surface area (TPSA) is 48.1 Å². The first-order valence-corrected chi connectivity index (χ1v) is 4.33. The molecule has 0 aliphatic rings. The molecule has 84 valence electrons. The zero-order valence-electron chi connectivity index (χ0n) is 8.08. The number of alkyl halides is 3. The van der Waals surface area contributed by atoms with Gasteiger partial charge in [0.15, 0.2) is 0 Å². The molecule has 0 aromatic carbocycles. The lowest BCUT2D eigenvalue weighted by molar-refractivity contribution is -0.137. The van der Waals surface area contributed by atoms with Crippen molar-refractivity contribution >= 4 is 0 Å². The number of aromatic nitrogens is 1. The summed E-state index contributed by atoms with van der Waals surface area (Å²) in [6.45, 7) is 1.99. The van der Waals surface area contributed by atoms with Gasteiger partial charge in [0, 0.05) is 18.8 Å². The zero-order chi connectivity index (χ0) is 11.5. The molecule has 0 fully saturated rings. The minimum absolute atomic E-state index is 0.140. The van der Waals surface area contributed by atoms with E-state index in [-0.39, 0.29) is 18.5 Å². The second-order valence-corrected chi connectivity index (χ2v) is 3.05.